The highest BCUT2D eigenvalue weighted by molar-refractivity contribution is 5.96. The van der Waals surface area contributed by atoms with Crippen LogP contribution in [0, 0.1) is 6.92 Å². The van der Waals surface area contributed by atoms with Gasteiger partial charge in [-0.05, 0) is 55.9 Å². The van der Waals surface area contributed by atoms with Crippen molar-refractivity contribution in [1.82, 2.24) is 30.8 Å². The number of aliphatic hydroxyl groups is 1. The molecule has 0 radical (unpaired) electrons. The Balaban J connectivity index is 1.22. The number of rotatable bonds is 5. The Labute approximate surface area is 225 Å². The van der Waals surface area contributed by atoms with Crippen LogP contribution in [0.1, 0.15) is 50.5 Å². The number of guanidine groups is 2. The van der Waals surface area contributed by atoms with Crippen LogP contribution >= 0.6 is 0 Å². The number of carbonyl (C=O) groups is 2. The van der Waals surface area contributed by atoms with Crippen molar-refractivity contribution in [3.8, 4) is 0 Å². The smallest absolute Gasteiger partial charge is 0.343 e. The Hall–Kier alpha value is -4.26. The van der Waals surface area contributed by atoms with E-state index in [0.717, 1.165) is 31.2 Å². The molecule has 1 aliphatic carbocycles. The van der Waals surface area contributed by atoms with Gasteiger partial charge in [0, 0.05) is 24.3 Å². The molecule has 39 heavy (non-hydrogen) atoms. The molecule has 13 nitrogen and oxygen atoms in total. The number of fused-ring (bicyclic) bond motifs is 1. The Bertz CT molecular complexity index is 1390. The number of amides is 2. The van der Waals surface area contributed by atoms with Gasteiger partial charge in [0.15, 0.2) is 12.0 Å². The molecule has 13 heteroatoms. The number of carbonyl (C=O) groups excluding carboxylic acids is 2. The first-order valence-corrected chi connectivity index (χ1v) is 13.2. The van der Waals surface area contributed by atoms with E-state index in [0.29, 0.717) is 11.3 Å². The first kappa shape index (κ1) is 25.0. The lowest BCUT2D eigenvalue weighted by Crippen LogP contribution is -2.88. The Kier molecular flexibility index (Phi) is 6.09. The highest BCUT2D eigenvalue weighted by atomic mass is 16.3. The molecule has 1 spiro atoms. The molecule has 2 unspecified atom stereocenters. The third-order valence-corrected chi connectivity index (χ3v) is 8.20. The van der Waals surface area contributed by atoms with Crippen molar-refractivity contribution < 1.29 is 19.7 Å². The van der Waals surface area contributed by atoms with Crippen molar-refractivity contribution >= 4 is 23.7 Å². The second-order valence-corrected chi connectivity index (χ2v) is 10.6. The minimum absolute atomic E-state index is 0.116. The topological polar surface area (TPSA) is 198 Å². The molecule has 1 saturated heterocycles. The van der Waals surface area contributed by atoms with Crippen LogP contribution < -0.4 is 32.4 Å². The summed E-state index contributed by atoms with van der Waals surface area (Å²) in [6.07, 6.45) is 4.25. The summed E-state index contributed by atoms with van der Waals surface area (Å²) in [6, 6.07) is 5.66. The standard InChI is InChI=1S/C26H32N10O3/c1-13-9-17(31-12-30-13)23(39)29-10-18-20-26(35-24(27)34-20)21(37)19(11-36(26)25(28)33-18)32-22(38)16-8-4-6-14-5-2-3-7-15(14)16/h4,6,8-9,12,18-21,37H,2-3,5,7,10-11H2,1H3,(H2,28,33)(H,29,39)(H,32,38)(H3,27,34,35)/p+1/t18-,19?,20-,21+,26?/m0/s1. The molecule has 204 valence electrons. The van der Waals surface area contributed by atoms with E-state index in [-0.39, 0.29) is 42.5 Å². The molecule has 6 rings (SSSR count). The molecule has 0 saturated carbocycles. The molecule has 1 aromatic carbocycles. The van der Waals surface area contributed by atoms with Crippen molar-refractivity contribution in [3.63, 3.8) is 0 Å². The molecule has 1 aromatic heterocycles. The fourth-order valence-electron chi connectivity index (χ4n) is 6.40. The number of hydrogen-bond acceptors (Lipinski definition) is 10. The van der Waals surface area contributed by atoms with Crippen molar-refractivity contribution in [1.29, 1.82) is 0 Å². The monoisotopic (exact) mass is 533 g/mol. The number of nitrogens with two attached hydrogens (primary N) is 2. The van der Waals surface area contributed by atoms with Crippen LogP contribution in [0.2, 0.25) is 0 Å². The van der Waals surface area contributed by atoms with Crippen LogP contribution in [0.5, 0.6) is 0 Å². The first-order valence-electron chi connectivity index (χ1n) is 13.2. The second kappa shape index (κ2) is 9.49. The Morgan fingerprint density at radius 3 is 2.87 bits per heavy atom. The lowest BCUT2D eigenvalue weighted by Gasteiger charge is -2.43. The van der Waals surface area contributed by atoms with Crippen LogP contribution in [-0.2, 0) is 12.8 Å². The maximum atomic E-state index is 13.4. The van der Waals surface area contributed by atoms with Crippen LogP contribution in [-0.4, -0.2) is 86.7 Å². The first-order chi connectivity index (χ1) is 18.8. The number of aromatic nitrogens is 2. The molecular weight excluding hydrogens is 500 g/mol. The number of nitrogens with zero attached hydrogens (tertiary/aromatic N) is 4. The zero-order valence-corrected chi connectivity index (χ0v) is 21.6. The average molecular weight is 534 g/mol. The van der Waals surface area contributed by atoms with E-state index < -0.39 is 29.9 Å². The van der Waals surface area contributed by atoms with E-state index in [2.05, 4.69) is 42.0 Å². The number of benzene rings is 1. The fourth-order valence-corrected chi connectivity index (χ4v) is 6.40. The van der Waals surface area contributed by atoms with E-state index in [1.165, 1.54) is 11.9 Å². The molecular formula is C26H33N10O3+. The molecule has 3 aliphatic heterocycles. The van der Waals surface area contributed by atoms with Crippen LogP contribution in [0.25, 0.3) is 0 Å². The summed E-state index contributed by atoms with van der Waals surface area (Å²) in [5.74, 6) is -0.175. The average Bonchev–Trinajstić information content (AvgIpc) is 3.43. The molecule has 2 aromatic rings. The zero-order chi connectivity index (χ0) is 27.3. The van der Waals surface area contributed by atoms with Gasteiger partial charge in [-0.1, -0.05) is 12.1 Å². The summed E-state index contributed by atoms with van der Waals surface area (Å²) in [4.78, 5) is 43.7. The molecule has 4 aliphatic rings. The van der Waals surface area contributed by atoms with Crippen LogP contribution in [0.15, 0.2) is 35.6 Å². The van der Waals surface area contributed by atoms with E-state index in [1.54, 1.807) is 17.9 Å². The molecule has 0 bridgehead atoms. The van der Waals surface area contributed by atoms with Gasteiger partial charge in [0.25, 0.3) is 11.8 Å². The molecule has 5 atom stereocenters. The van der Waals surface area contributed by atoms with Crippen molar-refractivity contribution in [3.05, 3.63) is 58.7 Å². The minimum atomic E-state index is -1.16. The van der Waals surface area contributed by atoms with Crippen molar-refractivity contribution in [2.75, 3.05) is 13.1 Å². The number of aliphatic imine (C=N–C) groups is 1. The highest BCUT2D eigenvalue weighted by Crippen LogP contribution is 2.35. The third-order valence-electron chi connectivity index (χ3n) is 8.20. The van der Waals surface area contributed by atoms with Gasteiger partial charge in [0.05, 0.1) is 6.04 Å². The predicted molar refractivity (Wildman–Crippen MR) is 141 cm³/mol. The van der Waals surface area contributed by atoms with Gasteiger partial charge in [-0.15, -0.1) is 0 Å². The van der Waals surface area contributed by atoms with Gasteiger partial charge >= 0.3 is 5.96 Å². The predicted octanol–water partition coefficient (Wildman–Crippen LogP) is -3.37. The second-order valence-electron chi connectivity index (χ2n) is 10.6. The van der Waals surface area contributed by atoms with E-state index in [9.17, 15) is 14.7 Å². The fraction of sp³-hybridized carbons (Fsp3) is 0.462. The Morgan fingerprint density at radius 1 is 1.23 bits per heavy atom. The Morgan fingerprint density at radius 2 is 2.05 bits per heavy atom. The highest BCUT2D eigenvalue weighted by Gasteiger charge is 2.68. The summed E-state index contributed by atoms with van der Waals surface area (Å²) >= 11 is 0. The van der Waals surface area contributed by atoms with Gasteiger partial charge < -0.3 is 26.4 Å². The lowest BCUT2D eigenvalue weighted by atomic mass is 9.87. The van der Waals surface area contributed by atoms with Gasteiger partial charge in [0.2, 0.25) is 5.66 Å². The van der Waals surface area contributed by atoms with Crippen molar-refractivity contribution in [2.45, 2.75) is 62.5 Å². The molecule has 2 amide bonds. The van der Waals surface area contributed by atoms with Gasteiger partial charge in [-0.2, -0.15) is 0 Å². The molecule has 9 N–H and O–H groups in total. The van der Waals surface area contributed by atoms with Gasteiger partial charge in [-0.3, -0.25) is 20.3 Å². The summed E-state index contributed by atoms with van der Waals surface area (Å²) < 4.78 is 0. The van der Waals surface area contributed by atoms with E-state index >= 15 is 0 Å². The number of aryl methyl sites for hydroxylation is 2. The number of hydrogen-bond donors (Lipinski definition) is 7. The van der Waals surface area contributed by atoms with Crippen molar-refractivity contribution in [2.24, 2.45) is 16.5 Å². The maximum Gasteiger partial charge on any atom is 0.343 e. The normalized spacial score (nSPS) is 28.8. The summed E-state index contributed by atoms with van der Waals surface area (Å²) in [5, 5.41) is 20.7. The van der Waals surface area contributed by atoms with Gasteiger partial charge in [0.1, 0.15) is 24.2 Å². The number of aliphatic hydroxyl groups excluding tert-OH is 1. The molecule has 4 heterocycles. The molecule has 1 fully saturated rings. The van der Waals surface area contributed by atoms with E-state index in [1.807, 2.05) is 12.1 Å². The SMILES string of the molecule is Cc1cc(C(=O)NC[C@@H]2N=C(N)N3CC(NC(=O)c4cccc5c4CCCC5)[C@@H](O)C34NC(N)=[NH+][C@@H]24)ncn1. The van der Waals surface area contributed by atoms with E-state index in [4.69, 9.17) is 11.5 Å². The summed E-state index contributed by atoms with van der Waals surface area (Å²) in [6.45, 7) is 2.12. The van der Waals surface area contributed by atoms with Crippen LogP contribution in [0.4, 0.5) is 0 Å². The summed E-state index contributed by atoms with van der Waals surface area (Å²) in [7, 11) is 0. The maximum absolute atomic E-state index is 13.4. The third kappa shape index (κ3) is 4.13. The minimum Gasteiger partial charge on any atom is -0.385 e. The number of nitrogens with one attached hydrogen (secondary N) is 4. The zero-order valence-electron chi connectivity index (χ0n) is 21.6. The summed E-state index contributed by atoms with van der Waals surface area (Å²) in [5.41, 5.74) is 15.2. The van der Waals surface area contributed by atoms with Gasteiger partial charge in [-0.25, -0.2) is 20.3 Å². The quantitative estimate of drug-likeness (QED) is 0.205. The largest absolute Gasteiger partial charge is 0.385 e. The lowest BCUT2D eigenvalue weighted by molar-refractivity contribution is -0.513. The van der Waals surface area contributed by atoms with Crippen LogP contribution in [0.3, 0.4) is 0 Å².